The van der Waals surface area contributed by atoms with Crippen molar-refractivity contribution in [3.63, 3.8) is 0 Å². The van der Waals surface area contributed by atoms with Crippen molar-refractivity contribution in [1.82, 2.24) is 19.9 Å². The zero-order valence-electron chi connectivity index (χ0n) is 16.7. The molecule has 28 heavy (non-hydrogen) atoms. The molecule has 0 amide bonds. The predicted octanol–water partition coefficient (Wildman–Crippen LogP) is 4.08. The van der Waals surface area contributed by atoms with Crippen molar-refractivity contribution in [3.8, 4) is 0 Å². The number of hydrogen-bond acceptors (Lipinski definition) is 4. The summed E-state index contributed by atoms with van der Waals surface area (Å²) in [4.78, 5) is 2.63. The molecule has 2 heterocycles. The molecule has 2 aromatic rings. The molecular formula is C23H32N4O. The van der Waals surface area contributed by atoms with E-state index in [1.165, 1.54) is 50.5 Å². The van der Waals surface area contributed by atoms with Crippen LogP contribution in [0.1, 0.15) is 80.6 Å². The van der Waals surface area contributed by atoms with Crippen LogP contribution in [-0.2, 0) is 0 Å². The highest BCUT2D eigenvalue weighted by atomic mass is 16.3. The van der Waals surface area contributed by atoms with Gasteiger partial charge in [-0.15, -0.1) is 5.10 Å². The quantitative estimate of drug-likeness (QED) is 0.849. The van der Waals surface area contributed by atoms with Gasteiger partial charge in [-0.2, -0.15) is 0 Å². The first kappa shape index (κ1) is 18.3. The minimum atomic E-state index is -0.387. The number of hydrogen-bond donors (Lipinski definition) is 1. The molecule has 1 N–H and O–H groups in total. The van der Waals surface area contributed by atoms with Crippen LogP contribution in [0.2, 0.25) is 0 Å². The molecule has 2 aliphatic carbocycles. The SMILES string of the molecule is O[C@H]1C[C@H](c2ccccc2)N(CC2CCCCC2)C[C@H]1n1cc(C2CC2)nn1. The molecule has 1 aromatic heterocycles. The highest BCUT2D eigenvalue weighted by Gasteiger charge is 2.38. The number of nitrogens with zero attached hydrogens (tertiary/aromatic N) is 4. The molecule has 5 rings (SSSR count). The van der Waals surface area contributed by atoms with E-state index >= 15 is 0 Å². The molecule has 0 radical (unpaired) electrons. The summed E-state index contributed by atoms with van der Waals surface area (Å²) in [7, 11) is 0. The van der Waals surface area contributed by atoms with Crippen molar-refractivity contribution >= 4 is 0 Å². The molecular weight excluding hydrogens is 348 g/mol. The van der Waals surface area contributed by atoms with Crippen molar-refractivity contribution in [2.45, 2.75) is 75.5 Å². The summed E-state index contributed by atoms with van der Waals surface area (Å²) in [5.41, 5.74) is 2.43. The Morgan fingerprint density at radius 3 is 2.54 bits per heavy atom. The summed E-state index contributed by atoms with van der Waals surface area (Å²) in [5.74, 6) is 1.39. The minimum absolute atomic E-state index is 0.00329. The van der Waals surface area contributed by atoms with Gasteiger partial charge in [0.15, 0.2) is 0 Å². The average molecular weight is 381 g/mol. The highest BCUT2D eigenvalue weighted by molar-refractivity contribution is 5.20. The van der Waals surface area contributed by atoms with Crippen molar-refractivity contribution in [3.05, 3.63) is 47.8 Å². The van der Waals surface area contributed by atoms with E-state index in [0.29, 0.717) is 12.0 Å². The van der Waals surface area contributed by atoms with E-state index in [-0.39, 0.29) is 12.1 Å². The fourth-order valence-electron chi connectivity index (χ4n) is 5.23. The maximum atomic E-state index is 11.0. The van der Waals surface area contributed by atoms with Gasteiger partial charge in [0.25, 0.3) is 0 Å². The Morgan fingerprint density at radius 1 is 1.00 bits per heavy atom. The van der Waals surface area contributed by atoms with Gasteiger partial charge in [0, 0.05) is 31.2 Å². The number of likely N-dealkylation sites (tertiary alicyclic amines) is 1. The molecule has 3 atom stereocenters. The Balaban J connectivity index is 1.37. The molecule has 5 heteroatoms. The number of aromatic nitrogens is 3. The zero-order chi connectivity index (χ0) is 18.9. The van der Waals surface area contributed by atoms with Crippen LogP contribution in [0.5, 0.6) is 0 Å². The molecule has 1 aromatic carbocycles. The molecule has 5 nitrogen and oxygen atoms in total. The van der Waals surface area contributed by atoms with Crippen LogP contribution in [0.25, 0.3) is 0 Å². The van der Waals surface area contributed by atoms with Crippen LogP contribution >= 0.6 is 0 Å². The van der Waals surface area contributed by atoms with Crippen LogP contribution in [0.4, 0.5) is 0 Å². The van der Waals surface area contributed by atoms with Gasteiger partial charge in [0.05, 0.1) is 17.8 Å². The molecule has 2 saturated carbocycles. The van der Waals surface area contributed by atoms with E-state index in [1.54, 1.807) is 0 Å². The fourth-order valence-corrected chi connectivity index (χ4v) is 5.23. The van der Waals surface area contributed by atoms with Crippen LogP contribution in [0.3, 0.4) is 0 Å². The molecule has 3 aliphatic rings. The lowest BCUT2D eigenvalue weighted by molar-refractivity contribution is -0.0154. The van der Waals surface area contributed by atoms with Crippen molar-refractivity contribution in [1.29, 1.82) is 0 Å². The number of rotatable bonds is 5. The Labute approximate surface area is 167 Å². The lowest BCUT2D eigenvalue weighted by Gasteiger charge is -2.44. The lowest BCUT2D eigenvalue weighted by Crippen LogP contribution is -2.47. The van der Waals surface area contributed by atoms with Crippen LogP contribution in [-0.4, -0.2) is 44.2 Å². The monoisotopic (exact) mass is 380 g/mol. The number of aliphatic hydroxyl groups is 1. The first-order valence-corrected chi connectivity index (χ1v) is 11.2. The van der Waals surface area contributed by atoms with Gasteiger partial charge in [0.2, 0.25) is 0 Å². The van der Waals surface area contributed by atoms with Crippen molar-refractivity contribution in [2.75, 3.05) is 13.1 Å². The molecule has 150 valence electrons. The number of benzene rings is 1. The Hall–Kier alpha value is -1.72. The molecule has 3 fully saturated rings. The molecule has 1 aliphatic heterocycles. The summed E-state index contributed by atoms with van der Waals surface area (Å²) in [5, 5.41) is 19.8. The second-order valence-electron chi connectivity index (χ2n) is 9.15. The number of aliphatic hydroxyl groups excluding tert-OH is 1. The van der Waals surface area contributed by atoms with Crippen LogP contribution < -0.4 is 0 Å². The summed E-state index contributed by atoms with van der Waals surface area (Å²) in [6.45, 7) is 1.98. The predicted molar refractivity (Wildman–Crippen MR) is 109 cm³/mol. The van der Waals surface area contributed by atoms with Gasteiger partial charge in [-0.3, -0.25) is 4.90 Å². The molecule has 0 unspecified atom stereocenters. The average Bonchev–Trinajstić information content (AvgIpc) is 3.48. The summed E-state index contributed by atoms with van der Waals surface area (Å²) < 4.78 is 1.95. The summed E-state index contributed by atoms with van der Waals surface area (Å²) in [6, 6.07) is 11.0. The van der Waals surface area contributed by atoms with Gasteiger partial charge in [0.1, 0.15) is 0 Å². The topological polar surface area (TPSA) is 54.2 Å². The largest absolute Gasteiger partial charge is 0.391 e. The van der Waals surface area contributed by atoms with Gasteiger partial charge in [-0.25, -0.2) is 4.68 Å². The molecule has 0 bridgehead atoms. The smallest absolute Gasteiger partial charge is 0.0923 e. The molecule has 0 spiro atoms. The van der Waals surface area contributed by atoms with E-state index in [4.69, 9.17) is 0 Å². The third-order valence-electron chi connectivity index (χ3n) is 7.04. The second kappa shape index (κ2) is 7.96. The van der Waals surface area contributed by atoms with E-state index in [1.807, 2.05) is 4.68 Å². The van der Waals surface area contributed by atoms with E-state index in [0.717, 1.165) is 31.1 Å². The van der Waals surface area contributed by atoms with Crippen molar-refractivity contribution in [2.24, 2.45) is 5.92 Å². The number of piperidine rings is 1. The maximum absolute atomic E-state index is 11.0. The van der Waals surface area contributed by atoms with Crippen LogP contribution in [0, 0.1) is 5.92 Å². The standard InChI is InChI=1S/C23H32N4O/c28-23-13-21(19-9-5-2-6-10-19)26(14-17-7-3-1-4-8-17)16-22(23)27-15-20(24-25-27)18-11-12-18/h2,5-6,9-10,15,17-18,21-23,28H,1,3-4,7-8,11-14,16H2/t21-,22-,23+/m1/s1. The first-order chi connectivity index (χ1) is 13.8. The minimum Gasteiger partial charge on any atom is -0.391 e. The Bertz CT molecular complexity index is 766. The third kappa shape index (κ3) is 3.87. The normalized spacial score (nSPS) is 29.8. The fraction of sp³-hybridized carbons (Fsp3) is 0.652. The first-order valence-electron chi connectivity index (χ1n) is 11.2. The van der Waals surface area contributed by atoms with E-state index in [2.05, 4.69) is 51.7 Å². The summed E-state index contributed by atoms with van der Waals surface area (Å²) >= 11 is 0. The highest BCUT2D eigenvalue weighted by Crippen LogP contribution is 2.40. The van der Waals surface area contributed by atoms with E-state index < -0.39 is 0 Å². The van der Waals surface area contributed by atoms with Gasteiger partial charge < -0.3 is 5.11 Å². The van der Waals surface area contributed by atoms with Gasteiger partial charge in [-0.05, 0) is 43.6 Å². The summed E-state index contributed by atoms with van der Waals surface area (Å²) in [6.07, 6.45) is 11.8. The zero-order valence-corrected chi connectivity index (χ0v) is 16.7. The van der Waals surface area contributed by atoms with Gasteiger partial charge >= 0.3 is 0 Å². The third-order valence-corrected chi connectivity index (χ3v) is 7.04. The maximum Gasteiger partial charge on any atom is 0.0923 e. The second-order valence-corrected chi connectivity index (χ2v) is 9.15. The Kier molecular flexibility index (Phi) is 5.20. The van der Waals surface area contributed by atoms with E-state index in [9.17, 15) is 5.11 Å². The van der Waals surface area contributed by atoms with Crippen LogP contribution in [0.15, 0.2) is 36.5 Å². The lowest BCUT2D eigenvalue weighted by atomic mass is 9.85. The van der Waals surface area contributed by atoms with Gasteiger partial charge in [-0.1, -0.05) is 54.8 Å². The molecule has 1 saturated heterocycles. The Morgan fingerprint density at radius 2 is 1.79 bits per heavy atom. The van der Waals surface area contributed by atoms with Crippen molar-refractivity contribution < 1.29 is 5.11 Å².